The van der Waals surface area contributed by atoms with E-state index in [1.165, 1.54) is 13.8 Å². The Morgan fingerprint density at radius 3 is 2.65 bits per heavy atom. The zero-order valence-electron chi connectivity index (χ0n) is 11.4. The van der Waals surface area contributed by atoms with E-state index in [0.29, 0.717) is 5.56 Å². The topological polar surface area (TPSA) is 102 Å². The Kier molecular flexibility index (Phi) is 5.09. The lowest BCUT2D eigenvalue weighted by Gasteiger charge is -2.19. The van der Waals surface area contributed by atoms with Gasteiger partial charge in [-0.1, -0.05) is 12.1 Å². The third kappa shape index (κ3) is 4.61. The molecule has 0 spiro atoms. The molecule has 2 amide bonds. The molecule has 0 heterocycles. The summed E-state index contributed by atoms with van der Waals surface area (Å²) in [6, 6.07) is 8.47. The number of amides is 2. The average Bonchev–Trinajstić information content (AvgIpc) is 2.43. The summed E-state index contributed by atoms with van der Waals surface area (Å²) in [5.41, 5.74) is 0.311. The lowest BCUT2D eigenvalue weighted by atomic mass is 9.94. The molecule has 1 rings (SSSR count). The van der Waals surface area contributed by atoms with Crippen molar-refractivity contribution in [3.8, 4) is 6.07 Å². The van der Waals surface area contributed by atoms with Gasteiger partial charge in [0.25, 0.3) is 0 Å². The molecule has 20 heavy (non-hydrogen) atoms. The van der Waals surface area contributed by atoms with Crippen molar-refractivity contribution in [3.63, 3.8) is 0 Å². The van der Waals surface area contributed by atoms with Gasteiger partial charge in [0, 0.05) is 13.1 Å². The van der Waals surface area contributed by atoms with E-state index in [4.69, 9.17) is 10.4 Å². The van der Waals surface area contributed by atoms with Crippen LogP contribution in [0.2, 0.25) is 0 Å². The molecule has 0 atom stereocenters. The monoisotopic (exact) mass is 275 g/mol. The molecule has 0 aliphatic carbocycles. The number of carboxylic acid groups (broad SMARTS) is 1. The standard InChI is InChI=1S/C14H17N3O3/c1-14(2,12(18)19)9-17-13(20)16-8-11-5-3-4-10(6-11)7-15/h3-6H,8-9H2,1-2H3,(H,18,19)(H2,16,17,20). The fourth-order valence-electron chi connectivity index (χ4n) is 1.37. The Labute approximate surface area is 117 Å². The maximum absolute atomic E-state index is 11.6. The summed E-state index contributed by atoms with van der Waals surface area (Å²) in [5, 5.41) is 22.8. The van der Waals surface area contributed by atoms with Crippen LogP contribution in [0.25, 0.3) is 0 Å². The summed E-state index contributed by atoms with van der Waals surface area (Å²) < 4.78 is 0. The van der Waals surface area contributed by atoms with Gasteiger partial charge in [0.05, 0.1) is 17.0 Å². The third-order valence-electron chi connectivity index (χ3n) is 2.78. The van der Waals surface area contributed by atoms with E-state index in [1.54, 1.807) is 24.3 Å². The van der Waals surface area contributed by atoms with E-state index in [0.717, 1.165) is 5.56 Å². The average molecular weight is 275 g/mol. The van der Waals surface area contributed by atoms with Crippen LogP contribution >= 0.6 is 0 Å². The van der Waals surface area contributed by atoms with Gasteiger partial charge < -0.3 is 15.7 Å². The number of aliphatic carboxylic acids is 1. The van der Waals surface area contributed by atoms with Crippen LogP contribution in [0.4, 0.5) is 4.79 Å². The zero-order valence-corrected chi connectivity index (χ0v) is 11.4. The van der Waals surface area contributed by atoms with E-state index in [2.05, 4.69) is 10.6 Å². The number of nitrogens with zero attached hydrogens (tertiary/aromatic N) is 1. The smallest absolute Gasteiger partial charge is 0.315 e. The number of urea groups is 1. The molecule has 6 nitrogen and oxygen atoms in total. The molecular formula is C14H17N3O3. The summed E-state index contributed by atoms with van der Waals surface area (Å²) >= 11 is 0. The van der Waals surface area contributed by atoms with Crippen molar-refractivity contribution in [1.82, 2.24) is 10.6 Å². The van der Waals surface area contributed by atoms with Crippen molar-refractivity contribution in [2.75, 3.05) is 6.54 Å². The molecular weight excluding hydrogens is 258 g/mol. The van der Waals surface area contributed by atoms with Gasteiger partial charge in [-0.25, -0.2) is 4.79 Å². The van der Waals surface area contributed by atoms with E-state index >= 15 is 0 Å². The van der Waals surface area contributed by atoms with Gasteiger partial charge in [-0.05, 0) is 31.5 Å². The van der Waals surface area contributed by atoms with Gasteiger partial charge >= 0.3 is 12.0 Å². The third-order valence-corrected chi connectivity index (χ3v) is 2.78. The number of carboxylic acids is 1. The summed E-state index contributed by atoms with van der Waals surface area (Å²) in [7, 11) is 0. The predicted molar refractivity (Wildman–Crippen MR) is 72.8 cm³/mol. The lowest BCUT2D eigenvalue weighted by molar-refractivity contribution is -0.146. The van der Waals surface area contributed by atoms with Crippen LogP contribution in [0.5, 0.6) is 0 Å². The van der Waals surface area contributed by atoms with Gasteiger partial charge in [-0.2, -0.15) is 5.26 Å². The summed E-state index contributed by atoms with van der Waals surface area (Å²) in [6.45, 7) is 3.37. The predicted octanol–water partition coefficient (Wildman–Crippen LogP) is 1.47. The van der Waals surface area contributed by atoms with Crippen molar-refractivity contribution in [1.29, 1.82) is 5.26 Å². The fraction of sp³-hybridized carbons (Fsp3) is 0.357. The number of nitriles is 1. The Morgan fingerprint density at radius 1 is 1.35 bits per heavy atom. The zero-order chi connectivity index (χ0) is 15.2. The van der Waals surface area contributed by atoms with Crippen molar-refractivity contribution < 1.29 is 14.7 Å². The molecule has 106 valence electrons. The minimum Gasteiger partial charge on any atom is -0.481 e. The van der Waals surface area contributed by atoms with Crippen molar-refractivity contribution in [2.24, 2.45) is 5.41 Å². The number of hydrogen-bond acceptors (Lipinski definition) is 3. The molecule has 0 unspecified atom stereocenters. The lowest BCUT2D eigenvalue weighted by Crippen LogP contribution is -2.43. The van der Waals surface area contributed by atoms with Crippen molar-refractivity contribution in [2.45, 2.75) is 20.4 Å². The minimum atomic E-state index is -1.02. The molecule has 1 aromatic carbocycles. The van der Waals surface area contributed by atoms with Crippen LogP contribution in [0.1, 0.15) is 25.0 Å². The molecule has 0 bridgehead atoms. The second-order valence-electron chi connectivity index (χ2n) is 5.04. The Bertz CT molecular complexity index is 547. The largest absolute Gasteiger partial charge is 0.481 e. The first-order chi connectivity index (χ1) is 9.35. The highest BCUT2D eigenvalue weighted by molar-refractivity contribution is 5.77. The number of carbonyl (C=O) groups excluding carboxylic acids is 1. The molecule has 1 aromatic rings. The first-order valence-electron chi connectivity index (χ1n) is 6.09. The molecule has 0 saturated carbocycles. The molecule has 0 saturated heterocycles. The number of benzene rings is 1. The SMILES string of the molecule is CC(C)(CNC(=O)NCc1cccc(C#N)c1)C(=O)O. The van der Waals surface area contributed by atoms with E-state index in [9.17, 15) is 9.59 Å². The molecule has 0 aliphatic rings. The maximum atomic E-state index is 11.6. The molecule has 3 N–H and O–H groups in total. The van der Waals surface area contributed by atoms with Gasteiger partial charge in [0.15, 0.2) is 0 Å². The number of nitrogens with one attached hydrogen (secondary N) is 2. The molecule has 0 radical (unpaired) electrons. The van der Waals surface area contributed by atoms with E-state index < -0.39 is 17.4 Å². The Hall–Kier alpha value is -2.55. The van der Waals surface area contributed by atoms with Crippen LogP contribution < -0.4 is 10.6 Å². The second kappa shape index (κ2) is 6.57. The molecule has 0 aliphatic heterocycles. The van der Waals surface area contributed by atoms with Gasteiger partial charge in [-0.3, -0.25) is 4.79 Å². The van der Waals surface area contributed by atoms with Crippen molar-refractivity contribution in [3.05, 3.63) is 35.4 Å². The molecule has 6 heteroatoms. The quantitative estimate of drug-likeness (QED) is 0.757. The maximum Gasteiger partial charge on any atom is 0.315 e. The van der Waals surface area contributed by atoms with Crippen LogP contribution in [-0.4, -0.2) is 23.7 Å². The van der Waals surface area contributed by atoms with E-state index in [1.807, 2.05) is 6.07 Å². The summed E-state index contributed by atoms with van der Waals surface area (Å²) in [5.74, 6) is -0.973. The second-order valence-corrected chi connectivity index (χ2v) is 5.04. The molecule has 0 fully saturated rings. The first kappa shape index (κ1) is 15.5. The Balaban J connectivity index is 2.44. The van der Waals surface area contributed by atoms with Gasteiger partial charge in [-0.15, -0.1) is 0 Å². The van der Waals surface area contributed by atoms with Crippen molar-refractivity contribution >= 4 is 12.0 Å². The molecule has 0 aromatic heterocycles. The Morgan fingerprint density at radius 2 is 2.05 bits per heavy atom. The number of hydrogen-bond donors (Lipinski definition) is 3. The van der Waals surface area contributed by atoms with Gasteiger partial charge in [0.2, 0.25) is 0 Å². The summed E-state index contributed by atoms with van der Waals surface area (Å²) in [6.07, 6.45) is 0. The highest BCUT2D eigenvalue weighted by atomic mass is 16.4. The summed E-state index contributed by atoms with van der Waals surface area (Å²) in [4.78, 5) is 22.4. The number of rotatable bonds is 5. The fourth-order valence-corrected chi connectivity index (χ4v) is 1.37. The van der Waals surface area contributed by atoms with Crippen LogP contribution in [-0.2, 0) is 11.3 Å². The first-order valence-corrected chi connectivity index (χ1v) is 6.09. The normalized spacial score (nSPS) is 10.4. The van der Waals surface area contributed by atoms with Crippen LogP contribution in [0.15, 0.2) is 24.3 Å². The highest BCUT2D eigenvalue weighted by Gasteiger charge is 2.27. The van der Waals surface area contributed by atoms with Crippen LogP contribution in [0.3, 0.4) is 0 Å². The highest BCUT2D eigenvalue weighted by Crippen LogP contribution is 2.12. The number of carbonyl (C=O) groups is 2. The van der Waals surface area contributed by atoms with E-state index in [-0.39, 0.29) is 13.1 Å². The van der Waals surface area contributed by atoms with Gasteiger partial charge in [0.1, 0.15) is 0 Å². The minimum absolute atomic E-state index is 0.0341. The van der Waals surface area contributed by atoms with Crippen LogP contribution in [0, 0.1) is 16.7 Å².